The Morgan fingerprint density at radius 3 is 1.31 bits per heavy atom. The molecule has 1 heteroatoms. The average molecular weight is 780 g/mol. The molecular weight excluding hydrogens is 735 g/mol. The smallest absolute Gasteiger partial charge is 0.0468 e. The molecule has 2 aliphatic rings. The Morgan fingerprint density at radius 1 is 0.262 bits per heavy atom. The summed E-state index contributed by atoms with van der Waals surface area (Å²) in [5.41, 5.74) is 19.0. The van der Waals surface area contributed by atoms with Gasteiger partial charge in [0.25, 0.3) is 0 Å². The molecule has 0 aromatic heterocycles. The Hall–Kier alpha value is -7.22. The van der Waals surface area contributed by atoms with E-state index in [1.165, 1.54) is 99.1 Å². The van der Waals surface area contributed by atoms with Crippen molar-refractivity contribution in [2.24, 2.45) is 0 Å². The van der Waals surface area contributed by atoms with Gasteiger partial charge in [-0.15, -0.1) is 0 Å². The maximum absolute atomic E-state index is 2.50. The zero-order valence-corrected chi connectivity index (χ0v) is 35.0. The van der Waals surface area contributed by atoms with Crippen molar-refractivity contribution in [2.45, 2.75) is 38.5 Å². The van der Waals surface area contributed by atoms with Gasteiger partial charge in [-0.25, -0.2) is 0 Å². The highest BCUT2D eigenvalue weighted by molar-refractivity contribution is 6.26. The molecule has 290 valence electrons. The van der Waals surface area contributed by atoms with Crippen LogP contribution in [0, 0.1) is 0 Å². The molecule has 0 fully saturated rings. The Labute approximate surface area is 358 Å². The summed E-state index contributed by atoms with van der Waals surface area (Å²) in [6.07, 6.45) is 0. The Kier molecular flexibility index (Phi) is 7.69. The van der Waals surface area contributed by atoms with Gasteiger partial charge in [0.2, 0.25) is 0 Å². The molecule has 10 aromatic rings. The fourth-order valence-electron chi connectivity index (χ4n) is 10.8. The van der Waals surface area contributed by atoms with E-state index < -0.39 is 0 Å². The van der Waals surface area contributed by atoms with Gasteiger partial charge in [0, 0.05) is 27.9 Å². The Bertz CT molecular complexity index is 3390. The van der Waals surface area contributed by atoms with Gasteiger partial charge in [-0.2, -0.15) is 0 Å². The summed E-state index contributed by atoms with van der Waals surface area (Å²) in [4.78, 5) is 2.46. The molecule has 0 heterocycles. The van der Waals surface area contributed by atoms with Gasteiger partial charge in [-0.05, 0) is 148 Å². The molecule has 0 atom stereocenters. The second kappa shape index (κ2) is 13.1. The van der Waals surface area contributed by atoms with Crippen molar-refractivity contribution >= 4 is 49.4 Å². The second-order valence-electron chi connectivity index (χ2n) is 18.1. The van der Waals surface area contributed by atoms with Crippen molar-refractivity contribution in [2.75, 3.05) is 4.90 Å². The molecule has 0 N–H and O–H groups in total. The van der Waals surface area contributed by atoms with Gasteiger partial charge >= 0.3 is 0 Å². The molecule has 61 heavy (non-hydrogen) atoms. The van der Waals surface area contributed by atoms with E-state index in [2.05, 4.69) is 233 Å². The van der Waals surface area contributed by atoms with Crippen molar-refractivity contribution in [1.82, 2.24) is 0 Å². The van der Waals surface area contributed by atoms with E-state index >= 15 is 0 Å². The standard InChI is InChI=1S/C60H45N/c1-59(2)55-20-12-10-18-48(55)50-33-31-44(35-57(50)59)61(42-28-26-41(27-29-42)40-24-22-39(23-25-40)38-14-6-5-7-15-38)43-30-32-47-51(34-43)45-16-8-9-17-46(45)52-36-54-49-19-11-13-21-56(49)60(3,4)58(54)37-53(47)52/h5-37H,1-4H3. The van der Waals surface area contributed by atoms with Crippen molar-refractivity contribution in [3.63, 3.8) is 0 Å². The Balaban J connectivity index is 1.03. The number of nitrogens with zero attached hydrogens (tertiary/aromatic N) is 1. The van der Waals surface area contributed by atoms with Crippen molar-refractivity contribution in [3.8, 4) is 44.5 Å². The predicted octanol–water partition coefficient (Wildman–Crippen LogP) is 16.6. The minimum Gasteiger partial charge on any atom is -0.310 e. The lowest BCUT2D eigenvalue weighted by Gasteiger charge is -2.29. The first kappa shape index (κ1) is 35.7. The van der Waals surface area contributed by atoms with Crippen molar-refractivity contribution in [1.29, 1.82) is 0 Å². The van der Waals surface area contributed by atoms with Crippen LogP contribution in [0.4, 0.5) is 17.1 Å². The first-order chi connectivity index (χ1) is 29.8. The van der Waals surface area contributed by atoms with E-state index in [-0.39, 0.29) is 10.8 Å². The molecule has 0 bridgehead atoms. The summed E-state index contributed by atoms with van der Waals surface area (Å²) in [5, 5.41) is 7.74. The first-order valence-corrected chi connectivity index (χ1v) is 21.6. The SMILES string of the molecule is CC1(C)c2ccccc2-c2ccc(N(c3ccc(-c4ccc(-c5ccccc5)cc4)cc3)c3ccc4c(c3)c3ccccc3c3cc5c(cc43)C(C)(C)c3ccccc3-5)cc21. The van der Waals surface area contributed by atoms with Crippen molar-refractivity contribution < 1.29 is 0 Å². The van der Waals surface area contributed by atoms with Crippen LogP contribution in [0.1, 0.15) is 49.9 Å². The molecule has 2 aliphatic carbocycles. The molecule has 0 unspecified atom stereocenters. The second-order valence-corrected chi connectivity index (χ2v) is 18.1. The first-order valence-electron chi connectivity index (χ1n) is 21.6. The molecular formula is C60H45N. The largest absolute Gasteiger partial charge is 0.310 e. The third kappa shape index (κ3) is 5.33. The average Bonchev–Trinajstić information content (AvgIpc) is 3.68. The molecule has 1 nitrogen and oxygen atoms in total. The van der Waals surface area contributed by atoms with Gasteiger partial charge < -0.3 is 4.90 Å². The van der Waals surface area contributed by atoms with E-state index in [1.807, 2.05) is 0 Å². The lowest BCUT2D eigenvalue weighted by Crippen LogP contribution is -2.16. The maximum atomic E-state index is 2.50. The van der Waals surface area contributed by atoms with E-state index in [0.717, 1.165) is 17.1 Å². The maximum Gasteiger partial charge on any atom is 0.0468 e. The van der Waals surface area contributed by atoms with Crippen LogP contribution in [0.5, 0.6) is 0 Å². The number of hydrogen-bond acceptors (Lipinski definition) is 1. The van der Waals surface area contributed by atoms with Crippen LogP contribution in [0.2, 0.25) is 0 Å². The summed E-state index contributed by atoms with van der Waals surface area (Å²) in [6.45, 7) is 9.50. The molecule has 0 aliphatic heterocycles. The molecule has 10 aromatic carbocycles. The van der Waals surface area contributed by atoms with E-state index in [9.17, 15) is 0 Å². The number of hydrogen-bond donors (Lipinski definition) is 0. The topological polar surface area (TPSA) is 3.24 Å². The van der Waals surface area contributed by atoms with E-state index in [4.69, 9.17) is 0 Å². The van der Waals surface area contributed by atoms with Gasteiger partial charge in [0.1, 0.15) is 0 Å². The van der Waals surface area contributed by atoms with Crippen LogP contribution < -0.4 is 4.90 Å². The summed E-state index contributed by atoms with van der Waals surface area (Å²) in [6, 6.07) is 74.8. The van der Waals surface area contributed by atoms with E-state index in [0.29, 0.717) is 0 Å². The predicted molar refractivity (Wildman–Crippen MR) is 260 cm³/mol. The number of fused-ring (bicyclic) bond motifs is 12. The van der Waals surface area contributed by atoms with Crippen LogP contribution in [0.3, 0.4) is 0 Å². The van der Waals surface area contributed by atoms with Crippen LogP contribution in [-0.4, -0.2) is 0 Å². The third-order valence-corrected chi connectivity index (χ3v) is 14.1. The molecule has 0 saturated carbocycles. The quantitative estimate of drug-likeness (QED) is 0.157. The number of anilines is 3. The van der Waals surface area contributed by atoms with E-state index in [1.54, 1.807) is 0 Å². The lowest BCUT2D eigenvalue weighted by atomic mass is 9.81. The fraction of sp³-hybridized carbons (Fsp3) is 0.100. The zero-order chi connectivity index (χ0) is 41.0. The third-order valence-electron chi connectivity index (χ3n) is 14.1. The van der Waals surface area contributed by atoms with Crippen molar-refractivity contribution in [3.05, 3.63) is 222 Å². The normalized spacial score (nSPS) is 14.2. The minimum atomic E-state index is -0.116. The lowest BCUT2D eigenvalue weighted by molar-refractivity contribution is 0.660. The highest BCUT2D eigenvalue weighted by atomic mass is 15.1. The van der Waals surface area contributed by atoms with Gasteiger partial charge in [-0.3, -0.25) is 0 Å². The Morgan fingerprint density at radius 2 is 0.672 bits per heavy atom. The summed E-state index contributed by atoms with van der Waals surface area (Å²) < 4.78 is 0. The monoisotopic (exact) mass is 779 g/mol. The number of rotatable bonds is 5. The molecule has 0 radical (unpaired) electrons. The summed E-state index contributed by atoms with van der Waals surface area (Å²) in [7, 11) is 0. The minimum absolute atomic E-state index is 0.0775. The van der Waals surface area contributed by atoms with Gasteiger partial charge in [-0.1, -0.05) is 179 Å². The molecule has 0 spiro atoms. The highest BCUT2D eigenvalue weighted by Gasteiger charge is 2.37. The van der Waals surface area contributed by atoms with Gasteiger partial charge in [0.05, 0.1) is 0 Å². The molecule has 0 amide bonds. The van der Waals surface area contributed by atoms with Gasteiger partial charge in [0.15, 0.2) is 0 Å². The summed E-state index contributed by atoms with van der Waals surface area (Å²) >= 11 is 0. The van der Waals surface area contributed by atoms with Crippen LogP contribution >= 0.6 is 0 Å². The molecule has 12 rings (SSSR count). The summed E-state index contributed by atoms with van der Waals surface area (Å²) in [5.74, 6) is 0. The fourth-order valence-corrected chi connectivity index (χ4v) is 10.8. The van der Waals surface area contributed by atoms with Crippen LogP contribution in [-0.2, 0) is 10.8 Å². The van der Waals surface area contributed by atoms with Crippen LogP contribution in [0.25, 0.3) is 76.8 Å². The highest BCUT2D eigenvalue weighted by Crippen LogP contribution is 2.53. The molecule has 0 saturated heterocycles. The number of benzene rings is 10. The van der Waals surface area contributed by atoms with Crippen LogP contribution in [0.15, 0.2) is 200 Å². The zero-order valence-electron chi connectivity index (χ0n) is 35.0.